The third kappa shape index (κ3) is 7.43. The molecule has 1 rings (SSSR count). The topological polar surface area (TPSA) is 30.5 Å². The summed E-state index contributed by atoms with van der Waals surface area (Å²) in [5.41, 5.74) is 1.22. The van der Waals surface area contributed by atoms with Gasteiger partial charge in [-0.1, -0.05) is 57.2 Å². The van der Waals surface area contributed by atoms with Crippen LogP contribution >= 0.6 is 0 Å². The maximum atomic E-state index is 5.65. The van der Waals surface area contributed by atoms with E-state index in [1.807, 2.05) is 0 Å². The van der Waals surface area contributed by atoms with E-state index in [0.717, 1.165) is 18.6 Å². The molecule has 0 aromatic heterocycles. The number of rotatable bonds is 13. The summed E-state index contributed by atoms with van der Waals surface area (Å²) in [4.78, 5) is 0. The molecule has 4 heteroatoms. The number of hydrogen-bond acceptors (Lipinski definition) is 3. The van der Waals surface area contributed by atoms with Crippen molar-refractivity contribution >= 4 is 14.2 Å². The van der Waals surface area contributed by atoms with E-state index >= 15 is 0 Å². The Morgan fingerprint density at radius 3 is 2.05 bits per heavy atom. The van der Waals surface area contributed by atoms with Crippen LogP contribution in [0.1, 0.15) is 45.4 Å². The van der Waals surface area contributed by atoms with Crippen LogP contribution in [0.2, 0.25) is 12.1 Å². The van der Waals surface area contributed by atoms with Crippen LogP contribution in [0.15, 0.2) is 30.3 Å². The Hall–Kier alpha value is -0.843. The summed E-state index contributed by atoms with van der Waals surface area (Å²) in [6, 6.07) is 12.6. The standard InChI is InChI=1S/C18H33NO2Si/c1-4-22(20-2,21-3)17-13-8-6-5-7-12-16-19-18-14-10-9-11-15-18/h9-11,14-15,19H,4-8,12-13,16-17H2,1-3H3. The molecule has 0 spiro atoms. The molecule has 0 atom stereocenters. The van der Waals surface area contributed by atoms with E-state index < -0.39 is 8.56 Å². The van der Waals surface area contributed by atoms with Crippen molar-refractivity contribution < 1.29 is 8.85 Å². The van der Waals surface area contributed by atoms with Crippen LogP contribution in [0.5, 0.6) is 0 Å². The summed E-state index contributed by atoms with van der Waals surface area (Å²) < 4.78 is 11.3. The lowest BCUT2D eigenvalue weighted by Crippen LogP contribution is -2.38. The van der Waals surface area contributed by atoms with Gasteiger partial charge in [0.1, 0.15) is 0 Å². The van der Waals surface area contributed by atoms with Gasteiger partial charge >= 0.3 is 8.56 Å². The third-order valence-corrected chi connectivity index (χ3v) is 8.05. The van der Waals surface area contributed by atoms with Crippen molar-refractivity contribution in [3.8, 4) is 0 Å². The average molecular weight is 324 g/mol. The van der Waals surface area contributed by atoms with Gasteiger partial charge in [-0.15, -0.1) is 0 Å². The molecule has 0 aliphatic heterocycles. The molecular weight excluding hydrogens is 290 g/mol. The normalized spacial score (nSPS) is 11.6. The lowest BCUT2D eigenvalue weighted by molar-refractivity contribution is 0.241. The van der Waals surface area contributed by atoms with Crippen LogP contribution in [0.25, 0.3) is 0 Å². The summed E-state index contributed by atoms with van der Waals surface area (Å²) in [6.45, 7) is 3.25. The highest BCUT2D eigenvalue weighted by molar-refractivity contribution is 6.67. The number of hydrogen-bond donors (Lipinski definition) is 1. The summed E-state index contributed by atoms with van der Waals surface area (Å²) in [5.74, 6) is 0. The molecule has 3 nitrogen and oxygen atoms in total. The van der Waals surface area contributed by atoms with E-state index in [1.54, 1.807) is 14.2 Å². The van der Waals surface area contributed by atoms with Crippen LogP contribution in [-0.4, -0.2) is 29.3 Å². The minimum Gasteiger partial charge on any atom is -0.398 e. The van der Waals surface area contributed by atoms with Gasteiger partial charge in [-0.3, -0.25) is 0 Å². The predicted molar refractivity (Wildman–Crippen MR) is 97.7 cm³/mol. The molecule has 0 unspecified atom stereocenters. The van der Waals surface area contributed by atoms with Crippen molar-refractivity contribution in [2.75, 3.05) is 26.1 Å². The fraction of sp³-hybridized carbons (Fsp3) is 0.667. The van der Waals surface area contributed by atoms with Crippen LogP contribution in [0.4, 0.5) is 5.69 Å². The van der Waals surface area contributed by atoms with E-state index in [-0.39, 0.29) is 0 Å². The molecule has 0 saturated carbocycles. The van der Waals surface area contributed by atoms with E-state index in [1.165, 1.54) is 44.2 Å². The number of anilines is 1. The first-order valence-corrected chi connectivity index (χ1v) is 10.9. The molecule has 0 aliphatic rings. The minimum atomic E-state index is -1.85. The molecule has 1 aromatic rings. The second-order valence-electron chi connectivity index (χ2n) is 5.84. The minimum absolute atomic E-state index is 1.05. The average Bonchev–Trinajstić information content (AvgIpc) is 2.58. The highest BCUT2D eigenvalue weighted by atomic mass is 28.4. The first-order valence-electron chi connectivity index (χ1n) is 8.65. The fourth-order valence-electron chi connectivity index (χ4n) is 2.77. The largest absolute Gasteiger partial charge is 0.398 e. The maximum absolute atomic E-state index is 5.65. The molecule has 0 radical (unpaired) electrons. The summed E-state index contributed by atoms with van der Waals surface area (Å²) in [7, 11) is 1.76. The SMILES string of the molecule is CC[Si](CCCCCCCCNc1ccccc1)(OC)OC. The number of nitrogens with one attached hydrogen (secondary N) is 1. The van der Waals surface area contributed by atoms with E-state index in [0.29, 0.717) is 0 Å². The lowest BCUT2D eigenvalue weighted by atomic mass is 10.1. The zero-order valence-electron chi connectivity index (χ0n) is 14.6. The van der Waals surface area contributed by atoms with Gasteiger partial charge in [-0.25, -0.2) is 0 Å². The molecule has 0 amide bonds. The van der Waals surface area contributed by atoms with Gasteiger partial charge in [0, 0.05) is 26.5 Å². The summed E-state index contributed by atoms with van der Waals surface area (Å²) >= 11 is 0. The van der Waals surface area contributed by atoms with Gasteiger partial charge in [0.15, 0.2) is 0 Å². The van der Waals surface area contributed by atoms with Gasteiger partial charge in [-0.2, -0.15) is 0 Å². The molecule has 126 valence electrons. The molecule has 1 aromatic carbocycles. The van der Waals surface area contributed by atoms with Crippen LogP contribution in [0.3, 0.4) is 0 Å². The Balaban J connectivity index is 1.95. The Kier molecular flexibility index (Phi) is 10.2. The first-order chi connectivity index (χ1) is 10.8. The Bertz CT molecular complexity index is 360. The highest BCUT2D eigenvalue weighted by Crippen LogP contribution is 2.21. The van der Waals surface area contributed by atoms with Crippen molar-refractivity contribution in [1.29, 1.82) is 0 Å². The monoisotopic (exact) mass is 323 g/mol. The maximum Gasteiger partial charge on any atom is 0.337 e. The summed E-state index contributed by atoms with van der Waals surface area (Å²) in [6.07, 6.45) is 7.76. The first kappa shape index (κ1) is 19.2. The Morgan fingerprint density at radius 2 is 1.45 bits per heavy atom. The lowest BCUT2D eigenvalue weighted by Gasteiger charge is -2.25. The van der Waals surface area contributed by atoms with Crippen molar-refractivity contribution in [3.63, 3.8) is 0 Å². The van der Waals surface area contributed by atoms with Gasteiger partial charge in [-0.05, 0) is 30.6 Å². The molecule has 0 aliphatic carbocycles. The molecular formula is C18H33NO2Si. The number of benzene rings is 1. The van der Waals surface area contributed by atoms with Crippen LogP contribution in [-0.2, 0) is 8.85 Å². The number of unbranched alkanes of at least 4 members (excludes halogenated alkanes) is 5. The quantitative estimate of drug-likeness (QED) is 0.400. The zero-order valence-corrected chi connectivity index (χ0v) is 15.6. The van der Waals surface area contributed by atoms with Crippen molar-refractivity contribution in [2.24, 2.45) is 0 Å². The van der Waals surface area contributed by atoms with E-state index in [2.05, 4.69) is 42.6 Å². The summed E-state index contributed by atoms with van der Waals surface area (Å²) in [5, 5.41) is 3.46. The third-order valence-electron chi connectivity index (χ3n) is 4.37. The smallest absolute Gasteiger partial charge is 0.337 e. The van der Waals surface area contributed by atoms with Crippen molar-refractivity contribution in [2.45, 2.75) is 57.5 Å². The van der Waals surface area contributed by atoms with Gasteiger partial charge in [0.05, 0.1) is 0 Å². The van der Waals surface area contributed by atoms with Crippen LogP contribution in [0, 0.1) is 0 Å². The molecule has 0 saturated heterocycles. The van der Waals surface area contributed by atoms with E-state index in [4.69, 9.17) is 8.85 Å². The second kappa shape index (κ2) is 11.7. The second-order valence-corrected chi connectivity index (χ2v) is 9.68. The molecule has 0 heterocycles. The highest BCUT2D eigenvalue weighted by Gasteiger charge is 2.32. The molecule has 0 fully saturated rings. The van der Waals surface area contributed by atoms with Crippen molar-refractivity contribution in [1.82, 2.24) is 0 Å². The molecule has 0 bridgehead atoms. The van der Waals surface area contributed by atoms with Gasteiger partial charge in [0.2, 0.25) is 0 Å². The zero-order chi connectivity index (χ0) is 16.1. The van der Waals surface area contributed by atoms with Crippen LogP contribution < -0.4 is 5.32 Å². The fourth-order valence-corrected chi connectivity index (χ4v) is 5.06. The van der Waals surface area contributed by atoms with Gasteiger partial charge in [0.25, 0.3) is 0 Å². The Labute approximate surface area is 137 Å². The Morgan fingerprint density at radius 1 is 0.864 bits per heavy atom. The predicted octanol–water partition coefficient (Wildman–Crippen LogP) is 5.19. The molecule has 22 heavy (non-hydrogen) atoms. The number of para-hydroxylation sites is 1. The van der Waals surface area contributed by atoms with Gasteiger partial charge < -0.3 is 14.2 Å². The van der Waals surface area contributed by atoms with E-state index in [9.17, 15) is 0 Å². The van der Waals surface area contributed by atoms with Crippen molar-refractivity contribution in [3.05, 3.63) is 30.3 Å². The molecule has 1 N–H and O–H groups in total.